The molecule has 5 aromatic carbocycles. The Balaban J connectivity index is 1.26. The summed E-state index contributed by atoms with van der Waals surface area (Å²) in [5, 5.41) is 2.83. The summed E-state index contributed by atoms with van der Waals surface area (Å²) >= 11 is 1.57. The zero-order chi connectivity index (χ0) is 31.8. The van der Waals surface area contributed by atoms with E-state index in [1.807, 2.05) is 78.9 Å². The molecule has 1 amide bonds. The number of carbonyl (C=O) groups excluding carboxylic acids is 2. The highest BCUT2D eigenvalue weighted by molar-refractivity contribution is 8.00. The predicted molar refractivity (Wildman–Crippen MR) is 185 cm³/mol. The molecule has 1 unspecified atom stereocenters. The van der Waals surface area contributed by atoms with Gasteiger partial charge in [0.2, 0.25) is 0 Å². The van der Waals surface area contributed by atoms with Gasteiger partial charge in [0.05, 0.1) is 4.75 Å². The first-order chi connectivity index (χ1) is 22.6. The number of hydrogen-bond donors (Lipinski definition) is 1. The van der Waals surface area contributed by atoms with E-state index < -0.39 is 22.9 Å². The molecule has 5 aromatic rings. The summed E-state index contributed by atoms with van der Waals surface area (Å²) in [6.45, 7) is 3.85. The summed E-state index contributed by atoms with van der Waals surface area (Å²) in [6, 6.07) is 46.0. The molecule has 0 aliphatic heterocycles. The van der Waals surface area contributed by atoms with Crippen LogP contribution in [0, 0.1) is 0 Å². The number of rotatable bonds is 12. The third kappa shape index (κ3) is 6.35. The molecule has 0 saturated carbocycles. The van der Waals surface area contributed by atoms with Gasteiger partial charge in [-0.25, -0.2) is 9.59 Å². The zero-order valence-corrected chi connectivity index (χ0v) is 26.2. The van der Waals surface area contributed by atoms with Gasteiger partial charge in [0.25, 0.3) is 0 Å². The summed E-state index contributed by atoms with van der Waals surface area (Å²) in [5.74, 6) is -0.427. The Kier molecular flexibility index (Phi) is 9.65. The Morgan fingerprint density at radius 3 is 1.63 bits per heavy atom. The highest BCUT2D eigenvalue weighted by Gasteiger charge is 2.39. The minimum Gasteiger partial charge on any atom is -0.460 e. The number of esters is 1. The molecule has 0 fully saturated rings. The van der Waals surface area contributed by atoms with Gasteiger partial charge in [-0.1, -0.05) is 152 Å². The van der Waals surface area contributed by atoms with Gasteiger partial charge in [0, 0.05) is 11.7 Å². The molecule has 46 heavy (non-hydrogen) atoms. The molecule has 6 heteroatoms. The maximum absolute atomic E-state index is 13.4. The Labute approximate surface area is 274 Å². The van der Waals surface area contributed by atoms with Crippen molar-refractivity contribution < 1.29 is 19.1 Å². The number of fused-ring (bicyclic) bond motifs is 3. The molecule has 1 atom stereocenters. The maximum atomic E-state index is 13.4. The fourth-order valence-corrected chi connectivity index (χ4v) is 7.71. The van der Waals surface area contributed by atoms with Gasteiger partial charge in [-0.15, -0.1) is 11.8 Å². The van der Waals surface area contributed by atoms with E-state index in [-0.39, 0.29) is 24.9 Å². The molecule has 0 heterocycles. The second kappa shape index (κ2) is 14.4. The van der Waals surface area contributed by atoms with E-state index in [1.165, 1.54) is 6.08 Å². The largest absolute Gasteiger partial charge is 0.460 e. The van der Waals surface area contributed by atoms with Gasteiger partial charge < -0.3 is 14.8 Å². The van der Waals surface area contributed by atoms with Crippen molar-refractivity contribution in [3.05, 3.63) is 180 Å². The van der Waals surface area contributed by atoms with Crippen LogP contribution in [0.1, 0.15) is 33.7 Å². The van der Waals surface area contributed by atoms with Crippen molar-refractivity contribution in [1.29, 1.82) is 0 Å². The topological polar surface area (TPSA) is 64.6 Å². The minimum atomic E-state index is -0.976. The molecule has 5 nitrogen and oxygen atoms in total. The van der Waals surface area contributed by atoms with Crippen LogP contribution in [0.5, 0.6) is 0 Å². The molecule has 1 aliphatic carbocycles. The van der Waals surface area contributed by atoms with E-state index in [1.54, 1.807) is 11.8 Å². The first-order valence-corrected chi connectivity index (χ1v) is 16.3. The van der Waals surface area contributed by atoms with Crippen molar-refractivity contribution >= 4 is 23.8 Å². The zero-order valence-electron chi connectivity index (χ0n) is 25.4. The second-order valence-electron chi connectivity index (χ2n) is 11.0. The van der Waals surface area contributed by atoms with Crippen LogP contribution in [-0.4, -0.2) is 37.1 Å². The van der Waals surface area contributed by atoms with Gasteiger partial charge in [-0.3, -0.25) is 0 Å². The molecule has 0 saturated heterocycles. The van der Waals surface area contributed by atoms with Crippen molar-refractivity contribution in [2.45, 2.75) is 16.7 Å². The van der Waals surface area contributed by atoms with E-state index in [0.29, 0.717) is 0 Å². The van der Waals surface area contributed by atoms with Crippen LogP contribution in [0.25, 0.3) is 11.1 Å². The Morgan fingerprint density at radius 2 is 1.15 bits per heavy atom. The van der Waals surface area contributed by atoms with Gasteiger partial charge in [0.1, 0.15) is 19.3 Å². The number of nitrogens with one attached hydrogen (secondary N) is 1. The standard InChI is InChI=1S/C40H35NO4S/c1-2-26-44-38(42)37(41-39(43)45-27-36-34-24-14-12-22-32(34)33-23-13-15-25-35(33)36)28-46-40(29-16-6-3-7-17-29,30-18-8-4-9-19-30)31-20-10-5-11-21-31/h2-25,36-37H,1,26-28H2,(H,41,43). The SMILES string of the molecule is C=CCOC(=O)C(CSC(c1ccccc1)(c1ccccc1)c1ccccc1)NC(=O)OCC1c2ccccc2-c2ccccc21. The quantitative estimate of drug-likeness (QED) is 0.0858. The number of thioether (sulfide) groups is 1. The van der Waals surface area contributed by atoms with E-state index in [0.717, 1.165) is 38.9 Å². The molecule has 1 N–H and O–H groups in total. The molecule has 0 bridgehead atoms. The van der Waals surface area contributed by atoms with Gasteiger partial charge in [0.15, 0.2) is 0 Å². The van der Waals surface area contributed by atoms with Crippen LogP contribution in [0.2, 0.25) is 0 Å². The van der Waals surface area contributed by atoms with Crippen molar-refractivity contribution in [3.63, 3.8) is 0 Å². The summed E-state index contributed by atoms with van der Waals surface area (Å²) < 4.78 is 10.6. The first kappa shape index (κ1) is 30.9. The Bertz CT molecular complexity index is 1650. The summed E-state index contributed by atoms with van der Waals surface area (Å²) in [6.07, 6.45) is 0.838. The first-order valence-electron chi connectivity index (χ1n) is 15.3. The van der Waals surface area contributed by atoms with Crippen molar-refractivity contribution in [2.24, 2.45) is 0 Å². The van der Waals surface area contributed by atoms with Crippen LogP contribution in [0.3, 0.4) is 0 Å². The van der Waals surface area contributed by atoms with Crippen LogP contribution < -0.4 is 5.32 Å². The van der Waals surface area contributed by atoms with Crippen molar-refractivity contribution in [2.75, 3.05) is 19.0 Å². The summed E-state index contributed by atoms with van der Waals surface area (Å²) in [4.78, 5) is 26.8. The third-order valence-corrected chi connectivity index (χ3v) is 9.91. The molecule has 0 spiro atoms. The summed E-state index contributed by atoms with van der Waals surface area (Å²) in [7, 11) is 0. The third-order valence-electron chi connectivity index (χ3n) is 8.27. The molecule has 6 rings (SSSR count). The Hall–Kier alpha value is -5.07. The molecule has 0 aromatic heterocycles. The number of benzene rings is 5. The monoisotopic (exact) mass is 625 g/mol. The lowest BCUT2D eigenvalue weighted by Gasteiger charge is -2.36. The van der Waals surface area contributed by atoms with Crippen molar-refractivity contribution in [1.82, 2.24) is 5.32 Å². The second-order valence-corrected chi connectivity index (χ2v) is 12.3. The smallest absolute Gasteiger partial charge is 0.407 e. The average molecular weight is 626 g/mol. The lowest BCUT2D eigenvalue weighted by Crippen LogP contribution is -2.45. The fourth-order valence-electron chi connectivity index (χ4n) is 6.17. The number of ether oxygens (including phenoxy) is 2. The lowest BCUT2D eigenvalue weighted by molar-refractivity contribution is -0.144. The minimum absolute atomic E-state index is 0.0353. The summed E-state index contributed by atoms with van der Waals surface area (Å²) in [5.41, 5.74) is 7.69. The average Bonchev–Trinajstić information content (AvgIpc) is 3.44. The van der Waals surface area contributed by atoms with Gasteiger partial charge in [-0.2, -0.15) is 0 Å². The van der Waals surface area contributed by atoms with Crippen LogP contribution in [0.4, 0.5) is 4.79 Å². The highest BCUT2D eigenvalue weighted by Crippen LogP contribution is 2.49. The van der Waals surface area contributed by atoms with E-state index in [2.05, 4.69) is 72.6 Å². The fraction of sp³-hybridized carbons (Fsp3) is 0.150. The normalized spacial score (nSPS) is 12.8. The molecular weight excluding hydrogens is 591 g/mol. The van der Waals surface area contributed by atoms with Gasteiger partial charge in [-0.05, 0) is 38.9 Å². The molecule has 0 radical (unpaired) electrons. The highest BCUT2D eigenvalue weighted by atomic mass is 32.2. The maximum Gasteiger partial charge on any atom is 0.407 e. The van der Waals surface area contributed by atoms with Gasteiger partial charge >= 0.3 is 12.1 Å². The Morgan fingerprint density at radius 1 is 0.696 bits per heavy atom. The van der Waals surface area contributed by atoms with Crippen LogP contribution in [0.15, 0.2) is 152 Å². The number of amides is 1. The van der Waals surface area contributed by atoms with Crippen molar-refractivity contribution in [3.8, 4) is 11.1 Å². The molecular formula is C40H35NO4S. The van der Waals surface area contributed by atoms with Crippen LogP contribution >= 0.6 is 11.8 Å². The molecule has 1 aliphatic rings. The number of carbonyl (C=O) groups is 2. The number of hydrogen-bond acceptors (Lipinski definition) is 5. The van der Waals surface area contributed by atoms with E-state index in [9.17, 15) is 9.59 Å². The lowest BCUT2D eigenvalue weighted by atomic mass is 9.84. The predicted octanol–water partition coefficient (Wildman–Crippen LogP) is 8.35. The molecule has 230 valence electrons. The van der Waals surface area contributed by atoms with E-state index >= 15 is 0 Å². The number of alkyl carbamates (subject to hydrolysis) is 1. The van der Waals surface area contributed by atoms with E-state index in [4.69, 9.17) is 9.47 Å². The van der Waals surface area contributed by atoms with Crippen LogP contribution in [-0.2, 0) is 19.0 Å².